The third kappa shape index (κ3) is 6.26. The molecule has 0 bridgehead atoms. The first-order valence-corrected chi connectivity index (χ1v) is 20.1. The molecule has 0 saturated heterocycles. The molecule has 0 aliphatic heterocycles. The number of pyridine rings is 2. The van der Waals surface area contributed by atoms with Crippen molar-refractivity contribution in [1.82, 2.24) is 15.0 Å². The van der Waals surface area contributed by atoms with Gasteiger partial charge in [0.1, 0.15) is 11.2 Å². The lowest BCUT2D eigenvalue weighted by atomic mass is 9.83. The standard InChI is InChI=1S/C54H45N3O/c1-53(2,3)38-29-42-43-30-39(54(4,5)6)32-45(52(43)57-51(42)44(31-38)47-26-35(23-24-55-47)33-15-9-7-10-16-33)48-28-37(34-17-11-8-12-18-34)27-46(56-48)36-21-22-50-41(25-36)40-19-13-14-20-49(40)58-50/h7-32,57H,1-6H3. The highest BCUT2D eigenvalue weighted by atomic mass is 16.3. The van der Waals surface area contributed by atoms with Crippen molar-refractivity contribution < 1.29 is 4.42 Å². The lowest BCUT2D eigenvalue weighted by molar-refractivity contribution is 0.590. The Hall–Kier alpha value is -6.78. The summed E-state index contributed by atoms with van der Waals surface area (Å²) in [6.07, 6.45) is 1.93. The molecule has 0 aliphatic rings. The zero-order valence-corrected chi connectivity index (χ0v) is 33.8. The van der Waals surface area contributed by atoms with Crippen molar-refractivity contribution in [2.24, 2.45) is 0 Å². The Morgan fingerprint density at radius 3 is 1.62 bits per heavy atom. The van der Waals surface area contributed by atoms with E-state index in [-0.39, 0.29) is 10.8 Å². The van der Waals surface area contributed by atoms with Crippen LogP contribution in [0.1, 0.15) is 52.7 Å². The molecule has 0 saturated carbocycles. The van der Waals surface area contributed by atoms with Gasteiger partial charge in [0.2, 0.25) is 0 Å². The van der Waals surface area contributed by atoms with Gasteiger partial charge in [-0.05, 0) is 117 Å². The Morgan fingerprint density at radius 1 is 0.414 bits per heavy atom. The molecule has 0 spiro atoms. The maximum absolute atomic E-state index is 6.22. The number of rotatable bonds is 5. The number of aromatic nitrogens is 3. The van der Waals surface area contributed by atoms with Crippen LogP contribution in [0.5, 0.6) is 0 Å². The van der Waals surface area contributed by atoms with Gasteiger partial charge in [-0.1, -0.05) is 120 Å². The van der Waals surface area contributed by atoms with Gasteiger partial charge in [0.15, 0.2) is 0 Å². The summed E-state index contributed by atoms with van der Waals surface area (Å²) in [4.78, 5) is 14.5. The molecule has 282 valence electrons. The van der Waals surface area contributed by atoms with Gasteiger partial charge in [-0.3, -0.25) is 4.98 Å². The first kappa shape index (κ1) is 35.6. The molecule has 0 atom stereocenters. The fraction of sp³-hybridized carbons (Fsp3) is 0.148. The van der Waals surface area contributed by atoms with Gasteiger partial charge in [-0.25, -0.2) is 4.98 Å². The van der Waals surface area contributed by atoms with E-state index in [1.807, 2.05) is 18.3 Å². The quantitative estimate of drug-likeness (QED) is 0.190. The highest BCUT2D eigenvalue weighted by Gasteiger charge is 2.25. The molecule has 4 aromatic heterocycles. The van der Waals surface area contributed by atoms with E-state index in [1.54, 1.807) is 0 Å². The topological polar surface area (TPSA) is 54.7 Å². The maximum Gasteiger partial charge on any atom is 0.135 e. The van der Waals surface area contributed by atoms with E-state index in [4.69, 9.17) is 14.4 Å². The molecule has 6 aromatic carbocycles. The van der Waals surface area contributed by atoms with Gasteiger partial charge >= 0.3 is 0 Å². The molecule has 4 heterocycles. The summed E-state index contributed by atoms with van der Waals surface area (Å²) in [6, 6.07) is 54.1. The van der Waals surface area contributed by atoms with Gasteiger partial charge in [-0.15, -0.1) is 0 Å². The summed E-state index contributed by atoms with van der Waals surface area (Å²) in [6.45, 7) is 13.7. The lowest BCUT2D eigenvalue weighted by Gasteiger charge is -2.22. The van der Waals surface area contributed by atoms with Crippen LogP contribution in [0.2, 0.25) is 0 Å². The second-order valence-corrected chi connectivity index (χ2v) is 17.6. The van der Waals surface area contributed by atoms with Crippen LogP contribution in [0.4, 0.5) is 0 Å². The van der Waals surface area contributed by atoms with Crippen LogP contribution < -0.4 is 0 Å². The normalized spacial score (nSPS) is 12.3. The average molecular weight is 752 g/mol. The molecule has 10 aromatic rings. The number of para-hydroxylation sites is 1. The van der Waals surface area contributed by atoms with E-state index in [1.165, 1.54) is 27.5 Å². The van der Waals surface area contributed by atoms with Crippen LogP contribution >= 0.6 is 0 Å². The molecule has 0 radical (unpaired) electrons. The van der Waals surface area contributed by atoms with Crippen molar-refractivity contribution in [3.63, 3.8) is 0 Å². The average Bonchev–Trinajstić information content (AvgIpc) is 3.81. The number of benzene rings is 6. The second-order valence-electron chi connectivity index (χ2n) is 17.6. The van der Waals surface area contributed by atoms with Crippen LogP contribution in [0, 0.1) is 0 Å². The Bertz CT molecular complexity index is 3170. The first-order chi connectivity index (χ1) is 28.0. The molecular formula is C54H45N3O. The van der Waals surface area contributed by atoms with Gasteiger partial charge in [0.05, 0.1) is 28.1 Å². The van der Waals surface area contributed by atoms with Crippen LogP contribution in [0.15, 0.2) is 162 Å². The minimum Gasteiger partial charge on any atom is -0.456 e. The highest BCUT2D eigenvalue weighted by Crippen LogP contribution is 2.44. The number of aromatic amines is 1. The third-order valence-electron chi connectivity index (χ3n) is 11.6. The predicted molar refractivity (Wildman–Crippen MR) is 243 cm³/mol. The van der Waals surface area contributed by atoms with Crippen molar-refractivity contribution in [3.8, 4) is 56.0 Å². The predicted octanol–water partition coefficient (Wildman–Crippen LogP) is 14.9. The van der Waals surface area contributed by atoms with Crippen LogP contribution in [-0.2, 0) is 10.8 Å². The van der Waals surface area contributed by atoms with Gasteiger partial charge in [0, 0.05) is 44.4 Å². The summed E-state index contributed by atoms with van der Waals surface area (Å²) in [7, 11) is 0. The lowest BCUT2D eigenvalue weighted by Crippen LogP contribution is -2.11. The van der Waals surface area contributed by atoms with Crippen molar-refractivity contribution >= 4 is 43.7 Å². The molecule has 10 rings (SSSR count). The molecule has 0 aliphatic carbocycles. The Kier molecular flexibility index (Phi) is 8.24. The second kappa shape index (κ2) is 13.4. The number of nitrogens with zero attached hydrogens (tertiary/aromatic N) is 2. The number of furan rings is 1. The van der Waals surface area contributed by atoms with E-state index in [2.05, 4.69) is 186 Å². The molecule has 0 amide bonds. The molecule has 58 heavy (non-hydrogen) atoms. The van der Waals surface area contributed by atoms with Crippen molar-refractivity contribution in [1.29, 1.82) is 0 Å². The summed E-state index contributed by atoms with van der Waals surface area (Å²) >= 11 is 0. The number of H-pyrrole nitrogens is 1. The van der Waals surface area contributed by atoms with Gasteiger partial charge in [-0.2, -0.15) is 0 Å². The Morgan fingerprint density at radius 2 is 0.966 bits per heavy atom. The molecule has 0 unspecified atom stereocenters. The van der Waals surface area contributed by atoms with E-state index >= 15 is 0 Å². The third-order valence-corrected chi connectivity index (χ3v) is 11.6. The summed E-state index contributed by atoms with van der Waals surface area (Å²) in [5.41, 5.74) is 16.7. The minimum atomic E-state index is -0.115. The van der Waals surface area contributed by atoms with Crippen LogP contribution in [0.3, 0.4) is 0 Å². The fourth-order valence-corrected chi connectivity index (χ4v) is 8.26. The zero-order chi connectivity index (χ0) is 39.8. The van der Waals surface area contributed by atoms with Gasteiger partial charge < -0.3 is 9.40 Å². The van der Waals surface area contributed by atoms with Crippen molar-refractivity contribution in [3.05, 3.63) is 169 Å². The zero-order valence-electron chi connectivity index (χ0n) is 33.8. The molecule has 0 fully saturated rings. The smallest absolute Gasteiger partial charge is 0.135 e. The van der Waals surface area contributed by atoms with Crippen LogP contribution in [0.25, 0.3) is 99.8 Å². The first-order valence-electron chi connectivity index (χ1n) is 20.1. The summed E-state index contributed by atoms with van der Waals surface area (Å²) in [5, 5.41) is 4.56. The van der Waals surface area contributed by atoms with E-state index in [0.717, 1.165) is 83.4 Å². The molecule has 4 nitrogen and oxygen atoms in total. The van der Waals surface area contributed by atoms with E-state index < -0.39 is 0 Å². The summed E-state index contributed by atoms with van der Waals surface area (Å²) < 4.78 is 6.22. The van der Waals surface area contributed by atoms with E-state index in [9.17, 15) is 0 Å². The largest absolute Gasteiger partial charge is 0.456 e. The van der Waals surface area contributed by atoms with Crippen LogP contribution in [-0.4, -0.2) is 15.0 Å². The van der Waals surface area contributed by atoms with Crippen molar-refractivity contribution in [2.45, 2.75) is 52.4 Å². The van der Waals surface area contributed by atoms with E-state index in [0.29, 0.717) is 0 Å². The monoisotopic (exact) mass is 751 g/mol. The minimum absolute atomic E-state index is 0.0874. The Labute approximate surface area is 339 Å². The Balaban J connectivity index is 1.25. The number of hydrogen-bond donors (Lipinski definition) is 1. The number of hydrogen-bond acceptors (Lipinski definition) is 3. The fourth-order valence-electron chi connectivity index (χ4n) is 8.26. The maximum atomic E-state index is 6.22. The van der Waals surface area contributed by atoms with Crippen molar-refractivity contribution in [2.75, 3.05) is 0 Å². The SMILES string of the molecule is CC(C)(C)c1cc(-c2cc(-c3ccccc3)ccn2)c2[nH]c3c(-c4cc(-c5ccccc5)cc(-c5ccc6oc7ccccc7c6c5)n4)cc(C(C)(C)C)cc3c2c1. The molecule has 4 heteroatoms. The highest BCUT2D eigenvalue weighted by molar-refractivity contribution is 6.16. The summed E-state index contributed by atoms with van der Waals surface area (Å²) in [5.74, 6) is 0. The number of fused-ring (bicyclic) bond motifs is 6. The molecule has 1 N–H and O–H groups in total. The molecular weight excluding hydrogens is 707 g/mol. The number of nitrogens with one attached hydrogen (secondary N) is 1. The van der Waals surface area contributed by atoms with Gasteiger partial charge in [0.25, 0.3) is 0 Å².